The molecule has 3 aromatic rings. The molecular weight excluding hydrogens is 456 g/mol. The van der Waals surface area contributed by atoms with Crippen molar-refractivity contribution in [1.29, 1.82) is 0 Å². The van der Waals surface area contributed by atoms with Crippen molar-refractivity contribution in [2.45, 2.75) is 51.4 Å². The maximum absolute atomic E-state index is 13.0. The van der Waals surface area contributed by atoms with E-state index in [0.29, 0.717) is 16.7 Å². The van der Waals surface area contributed by atoms with Crippen molar-refractivity contribution in [1.82, 2.24) is 0 Å². The van der Waals surface area contributed by atoms with Crippen LogP contribution in [-0.4, -0.2) is 41.6 Å². The van der Waals surface area contributed by atoms with Gasteiger partial charge in [0, 0.05) is 12.0 Å². The molecule has 0 aliphatic rings. The van der Waals surface area contributed by atoms with Gasteiger partial charge in [0.25, 0.3) is 0 Å². The van der Waals surface area contributed by atoms with Gasteiger partial charge in [-0.2, -0.15) is 0 Å². The van der Waals surface area contributed by atoms with Crippen molar-refractivity contribution in [3.05, 3.63) is 108 Å². The molecule has 3 rings (SSSR count). The molecule has 1 atom stereocenters. The van der Waals surface area contributed by atoms with Crippen LogP contribution in [0.4, 0.5) is 0 Å². The van der Waals surface area contributed by atoms with Gasteiger partial charge in [-0.15, -0.1) is 0 Å². The van der Waals surface area contributed by atoms with Crippen LogP contribution in [0.5, 0.6) is 0 Å². The normalized spacial score (nSPS) is 12.4. The minimum absolute atomic E-state index is 0.0591. The molecule has 0 amide bonds. The van der Waals surface area contributed by atoms with E-state index in [1.165, 1.54) is 0 Å². The Labute approximate surface area is 212 Å². The number of carbonyl (C=O) groups is 3. The molecule has 0 aromatic heterocycles. The van der Waals surface area contributed by atoms with Crippen LogP contribution in [0.1, 0.15) is 65.2 Å². The summed E-state index contributed by atoms with van der Waals surface area (Å²) in [6.45, 7) is 6.79. The zero-order valence-corrected chi connectivity index (χ0v) is 21.1. The second-order valence-electron chi connectivity index (χ2n) is 9.63. The van der Waals surface area contributed by atoms with E-state index in [4.69, 9.17) is 14.2 Å². The fourth-order valence-electron chi connectivity index (χ4n) is 3.71. The predicted molar refractivity (Wildman–Crippen MR) is 137 cm³/mol. The number of hydrogen-bond donors (Lipinski definition) is 0. The molecular formula is C30H32O6. The maximum atomic E-state index is 13.0. The molecule has 0 radical (unpaired) electrons. The van der Waals surface area contributed by atoms with E-state index in [1.807, 2.05) is 12.1 Å². The van der Waals surface area contributed by atoms with Gasteiger partial charge in [-0.3, -0.25) is 4.79 Å². The van der Waals surface area contributed by atoms with Gasteiger partial charge in [0.1, 0.15) is 17.3 Å². The molecule has 0 saturated heterocycles. The third kappa shape index (κ3) is 7.62. The van der Waals surface area contributed by atoms with Gasteiger partial charge in [0.05, 0.1) is 17.7 Å². The minimum atomic E-state index is -1.16. The van der Waals surface area contributed by atoms with Crippen LogP contribution in [0.2, 0.25) is 0 Å². The first-order valence-corrected chi connectivity index (χ1v) is 11.9. The number of rotatable bonds is 11. The number of ether oxygens (including phenoxy) is 3. The summed E-state index contributed by atoms with van der Waals surface area (Å²) in [5, 5.41) is 0. The molecule has 0 heterocycles. The van der Waals surface area contributed by atoms with Crippen molar-refractivity contribution in [2.75, 3.05) is 6.61 Å². The summed E-state index contributed by atoms with van der Waals surface area (Å²) in [5.41, 5.74) is -0.803. The second-order valence-corrected chi connectivity index (χ2v) is 9.63. The largest absolute Gasteiger partial charge is 0.456 e. The molecule has 0 fully saturated rings. The highest BCUT2D eigenvalue weighted by Gasteiger charge is 2.34. The van der Waals surface area contributed by atoms with Gasteiger partial charge in [-0.1, -0.05) is 66.7 Å². The number of hydrogen-bond acceptors (Lipinski definition) is 6. The summed E-state index contributed by atoms with van der Waals surface area (Å²) >= 11 is 0. The van der Waals surface area contributed by atoms with Crippen LogP contribution in [0.3, 0.4) is 0 Å². The van der Waals surface area contributed by atoms with E-state index >= 15 is 0 Å². The molecule has 3 aromatic carbocycles. The average Bonchev–Trinajstić information content (AvgIpc) is 2.88. The summed E-state index contributed by atoms with van der Waals surface area (Å²) in [6.07, 6.45) is -0.612. The van der Waals surface area contributed by atoms with Gasteiger partial charge >= 0.3 is 11.9 Å². The highest BCUT2D eigenvalue weighted by atomic mass is 16.6. The molecule has 6 nitrogen and oxygen atoms in total. The van der Waals surface area contributed by atoms with Crippen LogP contribution in [0, 0.1) is 0 Å². The second kappa shape index (κ2) is 11.8. The van der Waals surface area contributed by atoms with Crippen LogP contribution >= 0.6 is 0 Å². The van der Waals surface area contributed by atoms with Crippen LogP contribution in [0.25, 0.3) is 0 Å². The molecule has 0 aliphatic carbocycles. The van der Waals surface area contributed by atoms with Crippen molar-refractivity contribution >= 4 is 17.7 Å². The number of Topliss-reactive ketones (excluding diaryl/α,β-unsaturated/α-hetero) is 1. The average molecular weight is 489 g/mol. The Bertz CT molecular complexity index is 1150. The van der Waals surface area contributed by atoms with E-state index in [2.05, 4.69) is 0 Å². The van der Waals surface area contributed by atoms with E-state index < -0.39 is 29.2 Å². The minimum Gasteiger partial charge on any atom is -0.456 e. The topological polar surface area (TPSA) is 78.9 Å². The molecule has 1 unspecified atom stereocenters. The first-order valence-electron chi connectivity index (χ1n) is 11.9. The van der Waals surface area contributed by atoms with Gasteiger partial charge in [0.15, 0.2) is 5.78 Å². The highest BCUT2D eigenvalue weighted by molar-refractivity contribution is 6.01. The Morgan fingerprint density at radius 2 is 1.11 bits per heavy atom. The molecule has 0 spiro atoms. The predicted octanol–water partition coefficient (Wildman–Crippen LogP) is 5.92. The smallest absolute Gasteiger partial charge is 0.338 e. The third-order valence-corrected chi connectivity index (χ3v) is 5.59. The molecule has 36 heavy (non-hydrogen) atoms. The summed E-state index contributed by atoms with van der Waals surface area (Å²) < 4.78 is 17.5. The van der Waals surface area contributed by atoms with Crippen molar-refractivity contribution in [2.24, 2.45) is 0 Å². The quantitative estimate of drug-likeness (QED) is 0.246. The van der Waals surface area contributed by atoms with Gasteiger partial charge in [-0.25, -0.2) is 9.59 Å². The third-order valence-electron chi connectivity index (χ3n) is 5.59. The van der Waals surface area contributed by atoms with Crippen LogP contribution in [-0.2, 0) is 14.2 Å². The van der Waals surface area contributed by atoms with E-state index in [1.54, 1.807) is 107 Å². The molecule has 0 N–H and O–H groups in total. The summed E-state index contributed by atoms with van der Waals surface area (Å²) in [4.78, 5) is 38.5. The molecule has 0 aliphatic heterocycles. The highest BCUT2D eigenvalue weighted by Crippen LogP contribution is 2.24. The van der Waals surface area contributed by atoms with E-state index in [9.17, 15) is 14.4 Å². The number of ketones is 1. The number of esters is 2. The zero-order valence-electron chi connectivity index (χ0n) is 21.1. The van der Waals surface area contributed by atoms with Crippen LogP contribution < -0.4 is 0 Å². The zero-order chi connectivity index (χ0) is 26.2. The maximum Gasteiger partial charge on any atom is 0.338 e. The van der Waals surface area contributed by atoms with Crippen LogP contribution in [0.15, 0.2) is 91.0 Å². The number of benzene rings is 3. The van der Waals surface area contributed by atoms with Gasteiger partial charge < -0.3 is 14.2 Å². The van der Waals surface area contributed by atoms with E-state index in [0.717, 1.165) is 0 Å². The number of carbonyl (C=O) groups excluding carboxylic acids is 3. The Morgan fingerprint density at radius 1 is 0.667 bits per heavy atom. The first kappa shape index (κ1) is 26.8. The van der Waals surface area contributed by atoms with E-state index in [-0.39, 0.29) is 18.8 Å². The van der Waals surface area contributed by atoms with Gasteiger partial charge in [0.2, 0.25) is 0 Å². The van der Waals surface area contributed by atoms with Crippen molar-refractivity contribution in [3.8, 4) is 0 Å². The summed E-state index contributed by atoms with van der Waals surface area (Å²) in [6, 6.07) is 26.2. The lowest BCUT2D eigenvalue weighted by molar-refractivity contribution is -0.0768. The standard InChI is InChI=1S/C30H32O6/c1-29(2,36-28(33)24-18-12-7-13-19-24)20-25(35-27(32)23-16-10-6-11-17-23)21-34-30(3,4)26(31)22-14-8-5-9-15-22/h5-19,25H,20-21H2,1-4H3. The lowest BCUT2D eigenvalue weighted by atomic mass is 9.96. The van der Waals surface area contributed by atoms with Crippen molar-refractivity contribution in [3.63, 3.8) is 0 Å². The Morgan fingerprint density at radius 3 is 1.61 bits per heavy atom. The fourth-order valence-corrected chi connectivity index (χ4v) is 3.71. The summed E-state index contributed by atoms with van der Waals surface area (Å²) in [5.74, 6) is -1.19. The lowest BCUT2D eigenvalue weighted by Gasteiger charge is -2.32. The first-order chi connectivity index (χ1) is 17.1. The van der Waals surface area contributed by atoms with Crippen molar-refractivity contribution < 1.29 is 28.6 Å². The molecule has 188 valence electrons. The molecule has 0 bridgehead atoms. The molecule has 6 heteroatoms. The lowest BCUT2D eigenvalue weighted by Crippen LogP contribution is -2.41. The SMILES string of the molecule is CC(C)(CC(COC(C)(C)C(=O)c1ccccc1)OC(=O)c1ccccc1)OC(=O)c1ccccc1. The Hall–Kier alpha value is -3.77. The Balaban J connectivity index is 1.74. The molecule has 0 saturated carbocycles. The fraction of sp³-hybridized carbons (Fsp3) is 0.300. The summed E-state index contributed by atoms with van der Waals surface area (Å²) in [7, 11) is 0. The van der Waals surface area contributed by atoms with Gasteiger partial charge in [-0.05, 0) is 52.0 Å². The monoisotopic (exact) mass is 488 g/mol. The Kier molecular flexibility index (Phi) is 8.78.